The van der Waals surface area contributed by atoms with E-state index in [2.05, 4.69) is 24.3 Å². The number of nitrogens with zero attached hydrogens (tertiary/aromatic N) is 1. The summed E-state index contributed by atoms with van der Waals surface area (Å²) < 4.78 is 0. The fraction of sp³-hybridized carbons (Fsp3) is 0.538. The lowest BCUT2D eigenvalue weighted by Gasteiger charge is -2.26. The number of hydrogen-bond donors (Lipinski definition) is 1. The topological polar surface area (TPSA) is 29.3 Å². The Labute approximate surface area is 114 Å². The number of likely N-dealkylation sites (N-methyl/N-ethyl adjacent to an activating group) is 1. The van der Waals surface area contributed by atoms with Gasteiger partial charge in [0.25, 0.3) is 0 Å². The maximum absolute atomic E-state index is 5.98. The fourth-order valence-corrected chi connectivity index (χ4v) is 2.55. The Kier molecular flexibility index (Phi) is 6.97. The summed E-state index contributed by atoms with van der Waals surface area (Å²) in [5.74, 6) is 1.15. The minimum Gasteiger partial charge on any atom is -0.329 e. The van der Waals surface area contributed by atoms with E-state index in [0.717, 1.165) is 23.7 Å². The van der Waals surface area contributed by atoms with E-state index < -0.39 is 0 Å². The van der Waals surface area contributed by atoms with Crippen LogP contribution in [0.4, 0.5) is 0 Å². The molecular formula is C13H21ClN2S. The molecule has 1 atom stereocenters. The van der Waals surface area contributed by atoms with Crippen LogP contribution in [-0.4, -0.2) is 36.5 Å². The summed E-state index contributed by atoms with van der Waals surface area (Å²) in [7, 11) is 2.12. The highest BCUT2D eigenvalue weighted by Crippen LogP contribution is 2.14. The van der Waals surface area contributed by atoms with Gasteiger partial charge in [-0.1, -0.05) is 23.7 Å². The summed E-state index contributed by atoms with van der Waals surface area (Å²) in [6.07, 6.45) is 3.26. The summed E-state index contributed by atoms with van der Waals surface area (Å²) in [5, 5.41) is 0.796. The van der Waals surface area contributed by atoms with Crippen molar-refractivity contribution < 1.29 is 0 Å². The zero-order chi connectivity index (χ0) is 12.7. The molecule has 1 unspecified atom stereocenters. The predicted octanol–water partition coefficient (Wildman–Crippen LogP) is 2.85. The van der Waals surface area contributed by atoms with Gasteiger partial charge in [-0.3, -0.25) is 4.90 Å². The van der Waals surface area contributed by atoms with Crippen LogP contribution >= 0.6 is 23.4 Å². The summed E-state index contributed by atoms with van der Waals surface area (Å²) in [4.78, 5) is 2.31. The Bertz CT molecular complexity index is 333. The molecule has 0 aromatic heterocycles. The molecule has 0 aliphatic heterocycles. The predicted molar refractivity (Wildman–Crippen MR) is 78.8 cm³/mol. The molecule has 0 spiro atoms. The molecule has 17 heavy (non-hydrogen) atoms. The Morgan fingerprint density at radius 3 is 2.82 bits per heavy atom. The van der Waals surface area contributed by atoms with Gasteiger partial charge in [0, 0.05) is 24.2 Å². The summed E-state index contributed by atoms with van der Waals surface area (Å²) in [5.41, 5.74) is 7.06. The van der Waals surface area contributed by atoms with Gasteiger partial charge in [0.15, 0.2) is 0 Å². The first-order valence-electron chi connectivity index (χ1n) is 5.81. The average Bonchev–Trinajstić information content (AvgIpc) is 2.30. The third-order valence-corrected chi connectivity index (χ3v) is 3.75. The molecule has 0 heterocycles. The summed E-state index contributed by atoms with van der Waals surface area (Å²) in [6, 6.07) is 8.45. The molecule has 1 aromatic carbocycles. The van der Waals surface area contributed by atoms with E-state index in [0.29, 0.717) is 12.6 Å². The van der Waals surface area contributed by atoms with E-state index in [1.165, 1.54) is 5.56 Å². The van der Waals surface area contributed by atoms with Crippen LogP contribution in [0.5, 0.6) is 0 Å². The molecule has 0 aliphatic rings. The SMILES string of the molecule is CSCCC(CN)N(C)Cc1cccc(Cl)c1. The fourth-order valence-electron chi connectivity index (χ4n) is 1.82. The van der Waals surface area contributed by atoms with Gasteiger partial charge < -0.3 is 5.73 Å². The van der Waals surface area contributed by atoms with Crippen LogP contribution in [0.3, 0.4) is 0 Å². The molecule has 2 N–H and O–H groups in total. The van der Waals surface area contributed by atoms with Gasteiger partial charge in [-0.25, -0.2) is 0 Å². The van der Waals surface area contributed by atoms with Crippen molar-refractivity contribution in [2.75, 3.05) is 25.6 Å². The first kappa shape index (κ1) is 14.8. The van der Waals surface area contributed by atoms with Gasteiger partial charge in [-0.2, -0.15) is 11.8 Å². The second-order valence-corrected chi connectivity index (χ2v) is 5.64. The Morgan fingerprint density at radius 1 is 1.47 bits per heavy atom. The number of hydrogen-bond acceptors (Lipinski definition) is 3. The minimum absolute atomic E-state index is 0.446. The van der Waals surface area contributed by atoms with Crippen molar-refractivity contribution >= 4 is 23.4 Å². The standard InChI is InChI=1S/C13H21ClN2S/c1-16(13(9-15)6-7-17-2)10-11-4-3-5-12(14)8-11/h3-5,8,13H,6-7,9-10,15H2,1-2H3. The first-order valence-corrected chi connectivity index (χ1v) is 7.58. The molecule has 2 nitrogen and oxygen atoms in total. The number of rotatable bonds is 7. The van der Waals surface area contributed by atoms with Gasteiger partial charge in [0.05, 0.1) is 0 Å². The second-order valence-electron chi connectivity index (χ2n) is 4.22. The van der Waals surface area contributed by atoms with Crippen LogP contribution in [0, 0.1) is 0 Å². The highest BCUT2D eigenvalue weighted by molar-refractivity contribution is 7.98. The van der Waals surface area contributed by atoms with Crippen molar-refractivity contribution in [3.05, 3.63) is 34.9 Å². The average molecular weight is 273 g/mol. The van der Waals surface area contributed by atoms with E-state index >= 15 is 0 Å². The maximum atomic E-state index is 5.98. The van der Waals surface area contributed by atoms with Crippen molar-refractivity contribution in [1.82, 2.24) is 4.90 Å². The molecule has 0 saturated heterocycles. The number of benzene rings is 1. The van der Waals surface area contributed by atoms with Crippen LogP contribution in [-0.2, 0) is 6.54 Å². The summed E-state index contributed by atoms with van der Waals surface area (Å²) in [6.45, 7) is 1.61. The van der Waals surface area contributed by atoms with E-state index in [4.69, 9.17) is 17.3 Å². The van der Waals surface area contributed by atoms with Gasteiger partial charge in [-0.15, -0.1) is 0 Å². The molecule has 0 amide bonds. The molecule has 0 radical (unpaired) electrons. The van der Waals surface area contributed by atoms with Crippen molar-refractivity contribution in [2.45, 2.75) is 19.0 Å². The van der Waals surface area contributed by atoms with Crippen molar-refractivity contribution in [3.63, 3.8) is 0 Å². The maximum Gasteiger partial charge on any atom is 0.0409 e. The van der Waals surface area contributed by atoms with Gasteiger partial charge >= 0.3 is 0 Å². The van der Waals surface area contributed by atoms with Crippen molar-refractivity contribution in [2.24, 2.45) is 5.73 Å². The summed E-state index contributed by atoms with van der Waals surface area (Å²) >= 11 is 7.85. The molecular weight excluding hydrogens is 252 g/mol. The highest BCUT2D eigenvalue weighted by atomic mass is 35.5. The van der Waals surface area contributed by atoms with Crippen molar-refractivity contribution in [1.29, 1.82) is 0 Å². The van der Waals surface area contributed by atoms with Crippen LogP contribution < -0.4 is 5.73 Å². The lowest BCUT2D eigenvalue weighted by molar-refractivity contribution is 0.234. The molecule has 96 valence electrons. The molecule has 1 aromatic rings. The van der Waals surface area contributed by atoms with Crippen LogP contribution in [0.15, 0.2) is 24.3 Å². The molecule has 0 bridgehead atoms. The third kappa shape index (κ3) is 5.30. The zero-order valence-electron chi connectivity index (χ0n) is 10.5. The lowest BCUT2D eigenvalue weighted by atomic mass is 10.1. The number of thioether (sulfide) groups is 1. The van der Waals surface area contributed by atoms with E-state index in [9.17, 15) is 0 Å². The minimum atomic E-state index is 0.446. The smallest absolute Gasteiger partial charge is 0.0409 e. The molecule has 4 heteroatoms. The molecule has 0 fully saturated rings. The van der Waals surface area contributed by atoms with E-state index in [1.54, 1.807) is 0 Å². The van der Waals surface area contributed by atoms with E-state index in [-0.39, 0.29) is 0 Å². The Hall–Kier alpha value is -0.220. The monoisotopic (exact) mass is 272 g/mol. The Morgan fingerprint density at radius 2 is 2.24 bits per heavy atom. The zero-order valence-corrected chi connectivity index (χ0v) is 12.1. The van der Waals surface area contributed by atoms with Crippen LogP contribution in [0.2, 0.25) is 5.02 Å². The number of nitrogens with two attached hydrogens (primary N) is 1. The molecule has 1 rings (SSSR count). The third-order valence-electron chi connectivity index (χ3n) is 2.87. The van der Waals surface area contributed by atoms with Gasteiger partial charge in [0.1, 0.15) is 0 Å². The highest BCUT2D eigenvalue weighted by Gasteiger charge is 2.12. The van der Waals surface area contributed by atoms with Gasteiger partial charge in [0.2, 0.25) is 0 Å². The normalized spacial score (nSPS) is 13.0. The second kappa shape index (κ2) is 7.98. The Balaban J connectivity index is 2.54. The quantitative estimate of drug-likeness (QED) is 0.828. The van der Waals surface area contributed by atoms with Gasteiger partial charge in [-0.05, 0) is 43.2 Å². The van der Waals surface area contributed by atoms with Crippen LogP contribution in [0.25, 0.3) is 0 Å². The first-order chi connectivity index (χ1) is 8.17. The number of halogens is 1. The van der Waals surface area contributed by atoms with Crippen molar-refractivity contribution in [3.8, 4) is 0 Å². The molecule has 0 saturated carbocycles. The largest absolute Gasteiger partial charge is 0.329 e. The lowest BCUT2D eigenvalue weighted by Crippen LogP contribution is -2.37. The van der Waals surface area contributed by atoms with Crippen LogP contribution in [0.1, 0.15) is 12.0 Å². The van der Waals surface area contributed by atoms with E-state index in [1.807, 2.05) is 30.0 Å². The molecule has 0 aliphatic carbocycles.